The van der Waals surface area contributed by atoms with E-state index >= 15 is 0 Å². The Morgan fingerprint density at radius 1 is 1.24 bits per heavy atom. The second kappa shape index (κ2) is 6.72. The van der Waals surface area contributed by atoms with Crippen LogP contribution in [0.1, 0.15) is 10.4 Å². The van der Waals surface area contributed by atoms with E-state index in [1.807, 2.05) is 0 Å². The van der Waals surface area contributed by atoms with E-state index in [-0.39, 0.29) is 36.2 Å². The summed E-state index contributed by atoms with van der Waals surface area (Å²) in [5.74, 6) is -0.977. The van der Waals surface area contributed by atoms with Crippen molar-refractivity contribution in [3.05, 3.63) is 23.8 Å². The van der Waals surface area contributed by atoms with Gasteiger partial charge in [0.15, 0.2) is 11.5 Å². The summed E-state index contributed by atoms with van der Waals surface area (Å²) in [6.45, 7) is 0.784. The van der Waals surface area contributed by atoms with E-state index in [0.717, 1.165) is 0 Å². The smallest absolute Gasteiger partial charge is 0.251 e. The van der Waals surface area contributed by atoms with Crippen LogP contribution in [0.15, 0.2) is 18.2 Å². The lowest BCUT2D eigenvalue weighted by Gasteiger charge is -2.06. The number of aliphatic hydroxyl groups is 1. The highest BCUT2D eigenvalue weighted by atomic mass is 16.5. The highest BCUT2D eigenvalue weighted by Crippen LogP contribution is 2.24. The fourth-order valence-electron chi connectivity index (χ4n) is 1.17. The molecular formula is C11H15NO5. The number of ether oxygens (including phenoxy) is 1. The molecule has 0 bridgehead atoms. The maximum Gasteiger partial charge on any atom is 0.251 e. The predicted molar refractivity (Wildman–Crippen MR) is 60.0 cm³/mol. The third-order valence-electron chi connectivity index (χ3n) is 2.01. The Morgan fingerprint density at radius 3 is 2.65 bits per heavy atom. The average molecular weight is 241 g/mol. The van der Waals surface area contributed by atoms with Gasteiger partial charge in [0.1, 0.15) is 0 Å². The second-order valence-corrected chi connectivity index (χ2v) is 3.30. The molecule has 0 aliphatic heterocycles. The first-order valence-electron chi connectivity index (χ1n) is 5.14. The van der Waals surface area contributed by atoms with Crippen LogP contribution < -0.4 is 5.32 Å². The van der Waals surface area contributed by atoms with Crippen molar-refractivity contribution in [2.75, 3.05) is 26.4 Å². The van der Waals surface area contributed by atoms with Gasteiger partial charge in [-0.05, 0) is 18.2 Å². The molecule has 0 heterocycles. The van der Waals surface area contributed by atoms with Crippen LogP contribution in [-0.2, 0) is 4.74 Å². The Bertz CT molecular complexity index is 380. The summed E-state index contributed by atoms with van der Waals surface area (Å²) in [5, 5.41) is 29.3. The Labute approximate surface area is 98.5 Å². The summed E-state index contributed by atoms with van der Waals surface area (Å²) in [4.78, 5) is 11.5. The molecule has 0 radical (unpaired) electrons. The van der Waals surface area contributed by atoms with E-state index in [1.165, 1.54) is 18.2 Å². The molecule has 1 rings (SSSR count). The molecule has 4 N–H and O–H groups in total. The highest BCUT2D eigenvalue weighted by Gasteiger charge is 2.07. The Balaban J connectivity index is 2.39. The van der Waals surface area contributed by atoms with Crippen molar-refractivity contribution in [2.45, 2.75) is 0 Å². The van der Waals surface area contributed by atoms with E-state index in [1.54, 1.807) is 0 Å². The first kappa shape index (κ1) is 13.3. The number of rotatable bonds is 6. The van der Waals surface area contributed by atoms with E-state index in [4.69, 9.17) is 14.9 Å². The van der Waals surface area contributed by atoms with Crippen molar-refractivity contribution in [1.82, 2.24) is 5.32 Å². The van der Waals surface area contributed by atoms with Gasteiger partial charge < -0.3 is 25.4 Å². The lowest BCUT2D eigenvalue weighted by molar-refractivity contribution is 0.0838. The topological polar surface area (TPSA) is 99.0 Å². The molecule has 0 spiro atoms. The van der Waals surface area contributed by atoms with E-state index in [9.17, 15) is 9.90 Å². The predicted octanol–water partition coefficient (Wildman–Crippen LogP) is -0.164. The number of nitrogens with one attached hydrogen (secondary N) is 1. The molecule has 17 heavy (non-hydrogen) atoms. The minimum Gasteiger partial charge on any atom is -0.504 e. The average Bonchev–Trinajstić information content (AvgIpc) is 2.32. The summed E-state index contributed by atoms with van der Waals surface area (Å²) in [6.07, 6.45) is 0. The van der Waals surface area contributed by atoms with Crippen molar-refractivity contribution < 1.29 is 24.9 Å². The zero-order chi connectivity index (χ0) is 12.7. The van der Waals surface area contributed by atoms with Gasteiger partial charge >= 0.3 is 0 Å². The maximum absolute atomic E-state index is 11.5. The fourth-order valence-corrected chi connectivity index (χ4v) is 1.17. The standard InChI is InChI=1S/C11H15NO5/c13-4-6-17-5-3-12-11(16)8-1-2-9(14)10(15)7-8/h1-2,7,13-15H,3-6H2,(H,12,16). The summed E-state index contributed by atoms with van der Waals surface area (Å²) < 4.78 is 4.96. The summed E-state index contributed by atoms with van der Waals surface area (Å²) >= 11 is 0. The largest absolute Gasteiger partial charge is 0.504 e. The number of hydrogen-bond donors (Lipinski definition) is 4. The van der Waals surface area contributed by atoms with E-state index in [2.05, 4.69) is 5.32 Å². The number of phenolic OH excluding ortho intramolecular Hbond substituents is 2. The molecule has 0 fully saturated rings. The summed E-state index contributed by atoms with van der Waals surface area (Å²) in [6, 6.07) is 3.82. The highest BCUT2D eigenvalue weighted by molar-refractivity contribution is 5.94. The lowest BCUT2D eigenvalue weighted by atomic mass is 10.2. The number of carbonyl (C=O) groups is 1. The van der Waals surface area contributed by atoms with Crippen molar-refractivity contribution in [3.63, 3.8) is 0 Å². The number of aromatic hydroxyl groups is 2. The normalized spacial score (nSPS) is 10.2. The molecule has 0 atom stereocenters. The van der Waals surface area contributed by atoms with Gasteiger partial charge in [-0.25, -0.2) is 0 Å². The first-order valence-corrected chi connectivity index (χ1v) is 5.14. The first-order chi connectivity index (χ1) is 8.15. The molecule has 0 saturated heterocycles. The molecular weight excluding hydrogens is 226 g/mol. The number of phenols is 2. The lowest BCUT2D eigenvalue weighted by Crippen LogP contribution is -2.27. The molecule has 6 heteroatoms. The van der Waals surface area contributed by atoms with Crippen LogP contribution in [0.2, 0.25) is 0 Å². The maximum atomic E-state index is 11.5. The van der Waals surface area contributed by atoms with E-state index < -0.39 is 0 Å². The van der Waals surface area contributed by atoms with Gasteiger partial charge in [0.05, 0.1) is 19.8 Å². The van der Waals surface area contributed by atoms with Gasteiger partial charge in [-0.2, -0.15) is 0 Å². The SMILES string of the molecule is O=C(NCCOCCO)c1ccc(O)c(O)c1. The van der Waals surface area contributed by atoms with Gasteiger partial charge in [0, 0.05) is 12.1 Å². The minimum absolute atomic E-state index is 0.0558. The van der Waals surface area contributed by atoms with Crippen LogP contribution in [0.3, 0.4) is 0 Å². The number of amides is 1. The van der Waals surface area contributed by atoms with Gasteiger partial charge in [0.2, 0.25) is 0 Å². The molecule has 0 unspecified atom stereocenters. The van der Waals surface area contributed by atoms with Gasteiger partial charge in [-0.3, -0.25) is 4.79 Å². The van der Waals surface area contributed by atoms with Crippen LogP contribution in [0, 0.1) is 0 Å². The van der Waals surface area contributed by atoms with Crippen LogP contribution >= 0.6 is 0 Å². The van der Waals surface area contributed by atoms with Crippen molar-refractivity contribution in [1.29, 1.82) is 0 Å². The van der Waals surface area contributed by atoms with Crippen LogP contribution in [-0.4, -0.2) is 47.6 Å². The number of aliphatic hydroxyl groups excluding tert-OH is 1. The molecule has 1 aromatic carbocycles. The van der Waals surface area contributed by atoms with Gasteiger partial charge in [0.25, 0.3) is 5.91 Å². The monoisotopic (exact) mass is 241 g/mol. The Kier molecular flexibility index (Phi) is 5.25. The van der Waals surface area contributed by atoms with Crippen LogP contribution in [0.25, 0.3) is 0 Å². The zero-order valence-electron chi connectivity index (χ0n) is 9.22. The van der Waals surface area contributed by atoms with Crippen molar-refractivity contribution in [2.24, 2.45) is 0 Å². The third-order valence-corrected chi connectivity index (χ3v) is 2.01. The number of hydrogen-bond acceptors (Lipinski definition) is 5. The van der Waals surface area contributed by atoms with Crippen molar-refractivity contribution in [3.8, 4) is 11.5 Å². The Morgan fingerprint density at radius 2 is 2.00 bits per heavy atom. The molecule has 0 saturated carbocycles. The molecule has 0 aromatic heterocycles. The van der Waals surface area contributed by atoms with Crippen LogP contribution in [0.5, 0.6) is 11.5 Å². The molecule has 94 valence electrons. The fraction of sp³-hybridized carbons (Fsp3) is 0.364. The molecule has 0 aliphatic carbocycles. The van der Waals surface area contributed by atoms with E-state index in [0.29, 0.717) is 13.2 Å². The van der Waals surface area contributed by atoms with Gasteiger partial charge in [-0.1, -0.05) is 0 Å². The van der Waals surface area contributed by atoms with Crippen molar-refractivity contribution >= 4 is 5.91 Å². The molecule has 1 aromatic rings. The quantitative estimate of drug-likeness (QED) is 0.409. The minimum atomic E-state index is -0.368. The summed E-state index contributed by atoms with van der Waals surface area (Å²) in [7, 11) is 0. The number of benzene rings is 1. The van der Waals surface area contributed by atoms with Crippen LogP contribution in [0.4, 0.5) is 0 Å². The molecule has 6 nitrogen and oxygen atoms in total. The zero-order valence-corrected chi connectivity index (χ0v) is 9.22. The molecule has 1 amide bonds. The summed E-state index contributed by atoms with van der Waals surface area (Å²) in [5.41, 5.74) is 0.252. The molecule has 0 aliphatic rings. The van der Waals surface area contributed by atoms with Gasteiger partial charge in [-0.15, -0.1) is 0 Å². The number of carbonyl (C=O) groups excluding carboxylic acids is 1. The Hall–Kier alpha value is -1.79. The second-order valence-electron chi connectivity index (χ2n) is 3.30. The third kappa shape index (κ3) is 4.29.